The first kappa shape index (κ1) is 6.84. The van der Waals surface area contributed by atoms with Crippen molar-refractivity contribution in [2.24, 2.45) is 0 Å². The van der Waals surface area contributed by atoms with Crippen molar-refractivity contribution >= 4 is 0 Å². The Kier molecular flexibility index (Phi) is 1.79. The van der Waals surface area contributed by atoms with Gasteiger partial charge in [-0.25, -0.2) is 0 Å². The zero-order valence-electron chi connectivity index (χ0n) is 8.49. The molecule has 2 aromatic rings. The summed E-state index contributed by atoms with van der Waals surface area (Å²) in [7, 11) is 0. The lowest BCUT2D eigenvalue weighted by Crippen LogP contribution is -1.84. The summed E-state index contributed by atoms with van der Waals surface area (Å²) < 4.78 is 7.55. The fourth-order valence-corrected chi connectivity index (χ4v) is 1.31. The van der Waals surface area contributed by atoms with Gasteiger partial charge in [-0.1, -0.05) is 30.3 Å². The van der Waals surface area contributed by atoms with Crippen LogP contribution in [0.15, 0.2) is 48.6 Å². The molecule has 0 radical (unpaired) electrons. The first-order valence-corrected chi connectivity index (χ1v) is 4.26. The van der Waals surface area contributed by atoms with Gasteiger partial charge in [0, 0.05) is 11.8 Å². The normalized spacial score (nSPS) is 11.0. The molecule has 0 spiro atoms. The number of benzene rings is 1. The lowest BCUT2D eigenvalue weighted by molar-refractivity contribution is 1.31. The van der Waals surface area contributed by atoms with Crippen LogP contribution in [-0.2, 0) is 0 Å². The number of rotatable bonds is 1. The van der Waals surface area contributed by atoms with Gasteiger partial charge in [0.2, 0.25) is 0 Å². The molecule has 1 heteroatoms. The van der Waals surface area contributed by atoms with Gasteiger partial charge >= 0.3 is 0 Å². The molecule has 0 aliphatic rings. The third kappa shape index (κ3) is 1.59. The first-order chi connectivity index (χ1) is 6.77. The van der Waals surface area contributed by atoms with Gasteiger partial charge in [-0.3, -0.25) is 4.98 Å². The molecule has 0 N–H and O–H groups in total. The summed E-state index contributed by atoms with van der Waals surface area (Å²) in [6.45, 7) is 2.03. The molecular formula is C12H11N. The van der Waals surface area contributed by atoms with Gasteiger partial charge in [-0.2, -0.15) is 0 Å². The Morgan fingerprint density at radius 3 is 2.85 bits per heavy atom. The number of hydrogen-bond acceptors (Lipinski definition) is 1. The van der Waals surface area contributed by atoms with Gasteiger partial charge in [-0.15, -0.1) is 0 Å². The molecule has 0 saturated carbocycles. The van der Waals surface area contributed by atoms with E-state index in [-0.39, 0.29) is 0 Å². The average Bonchev–Trinajstić information content (AvgIpc) is 2.23. The van der Waals surface area contributed by atoms with Crippen LogP contribution in [0.2, 0.25) is 0 Å². The first-order valence-electron chi connectivity index (χ1n) is 4.76. The quantitative estimate of drug-likeness (QED) is 0.641. The molecule has 0 atom stereocenters. The van der Waals surface area contributed by atoms with E-state index in [0.29, 0.717) is 6.04 Å². The second kappa shape index (κ2) is 3.40. The zero-order chi connectivity index (χ0) is 9.97. The van der Waals surface area contributed by atoms with E-state index in [0.717, 1.165) is 16.8 Å². The van der Waals surface area contributed by atoms with Crippen molar-refractivity contribution in [2.45, 2.75) is 6.92 Å². The molecule has 1 nitrogen and oxygen atoms in total. The van der Waals surface area contributed by atoms with Crippen molar-refractivity contribution < 1.29 is 1.37 Å². The summed E-state index contributed by atoms with van der Waals surface area (Å²) in [5.41, 5.74) is 3.12. The topological polar surface area (TPSA) is 12.9 Å². The van der Waals surface area contributed by atoms with Crippen LogP contribution in [0.25, 0.3) is 11.3 Å². The van der Waals surface area contributed by atoms with E-state index < -0.39 is 0 Å². The fraction of sp³-hybridized carbons (Fsp3) is 0.0833. The Balaban J connectivity index is 2.57. The van der Waals surface area contributed by atoms with E-state index in [9.17, 15) is 0 Å². The Bertz CT molecular complexity index is 437. The molecule has 0 fully saturated rings. The molecule has 0 bridgehead atoms. The van der Waals surface area contributed by atoms with Crippen LogP contribution in [0.5, 0.6) is 0 Å². The maximum Gasteiger partial charge on any atom is 0.0704 e. The van der Waals surface area contributed by atoms with Crippen LogP contribution in [0.3, 0.4) is 0 Å². The highest BCUT2D eigenvalue weighted by Crippen LogP contribution is 2.19. The van der Waals surface area contributed by atoms with E-state index in [1.54, 1.807) is 12.3 Å². The minimum Gasteiger partial charge on any atom is -0.256 e. The third-order valence-electron chi connectivity index (χ3n) is 2.02. The van der Waals surface area contributed by atoms with E-state index in [1.807, 2.05) is 37.3 Å². The Labute approximate surface area is 79.5 Å². The van der Waals surface area contributed by atoms with E-state index in [4.69, 9.17) is 1.37 Å². The summed E-state index contributed by atoms with van der Waals surface area (Å²) in [6.07, 6.45) is 1.77. The summed E-state index contributed by atoms with van der Waals surface area (Å²) >= 11 is 0. The highest BCUT2D eigenvalue weighted by atomic mass is 14.7. The summed E-state index contributed by atoms with van der Waals surface area (Å²) in [4.78, 5) is 4.27. The van der Waals surface area contributed by atoms with Crippen molar-refractivity contribution in [2.75, 3.05) is 0 Å². The molecule has 2 rings (SSSR count). The highest BCUT2D eigenvalue weighted by Gasteiger charge is 1.99. The summed E-state index contributed by atoms with van der Waals surface area (Å²) in [5, 5.41) is 0. The number of hydrogen-bond donors (Lipinski definition) is 0. The minimum atomic E-state index is 0.524. The van der Waals surface area contributed by atoms with E-state index >= 15 is 0 Å². The largest absolute Gasteiger partial charge is 0.256 e. The molecular weight excluding hydrogens is 158 g/mol. The third-order valence-corrected chi connectivity index (χ3v) is 2.02. The van der Waals surface area contributed by atoms with Gasteiger partial charge in [0.25, 0.3) is 0 Å². The SMILES string of the molecule is [2H]c1ccc(C)c(-c2ccccn2)c1. The maximum atomic E-state index is 7.55. The second-order valence-electron chi connectivity index (χ2n) is 2.96. The molecule has 64 valence electrons. The minimum absolute atomic E-state index is 0.524. The molecule has 0 amide bonds. The van der Waals surface area contributed by atoms with Crippen LogP contribution >= 0.6 is 0 Å². The predicted molar refractivity (Wildman–Crippen MR) is 54.4 cm³/mol. The Morgan fingerprint density at radius 1 is 1.15 bits per heavy atom. The molecule has 1 aromatic heterocycles. The molecule has 0 saturated heterocycles. The fourth-order valence-electron chi connectivity index (χ4n) is 1.31. The molecule has 0 unspecified atom stereocenters. The van der Waals surface area contributed by atoms with Crippen molar-refractivity contribution in [1.29, 1.82) is 0 Å². The van der Waals surface area contributed by atoms with Crippen LogP contribution in [0.1, 0.15) is 6.93 Å². The molecule has 0 aliphatic carbocycles. The van der Waals surface area contributed by atoms with Crippen molar-refractivity contribution in [3.8, 4) is 11.3 Å². The number of nitrogens with zero attached hydrogens (tertiary/aromatic N) is 1. The van der Waals surface area contributed by atoms with Crippen LogP contribution in [0, 0.1) is 6.92 Å². The summed E-state index contributed by atoms with van der Waals surface area (Å²) in [6, 6.07) is 11.9. The molecule has 0 aliphatic heterocycles. The molecule has 1 heterocycles. The van der Waals surface area contributed by atoms with Gasteiger partial charge in [0.1, 0.15) is 0 Å². The van der Waals surface area contributed by atoms with Gasteiger partial charge in [0.15, 0.2) is 0 Å². The zero-order valence-corrected chi connectivity index (χ0v) is 7.49. The van der Waals surface area contributed by atoms with E-state index in [1.165, 1.54) is 0 Å². The van der Waals surface area contributed by atoms with Crippen molar-refractivity contribution in [3.63, 3.8) is 0 Å². The summed E-state index contributed by atoms with van der Waals surface area (Å²) in [5.74, 6) is 0. The molecule has 1 aromatic carbocycles. The number of pyridine rings is 1. The van der Waals surface area contributed by atoms with E-state index in [2.05, 4.69) is 4.98 Å². The second-order valence-corrected chi connectivity index (χ2v) is 2.96. The smallest absolute Gasteiger partial charge is 0.0704 e. The van der Waals surface area contributed by atoms with Crippen LogP contribution in [0.4, 0.5) is 0 Å². The van der Waals surface area contributed by atoms with Crippen LogP contribution < -0.4 is 0 Å². The van der Waals surface area contributed by atoms with Crippen LogP contribution in [-0.4, -0.2) is 4.98 Å². The predicted octanol–water partition coefficient (Wildman–Crippen LogP) is 3.06. The van der Waals surface area contributed by atoms with Gasteiger partial charge in [-0.05, 0) is 24.6 Å². The Hall–Kier alpha value is -1.63. The number of aryl methyl sites for hydroxylation is 1. The standard InChI is InChI=1S/C12H11N/c1-10-6-2-3-7-11(10)12-8-4-5-9-13-12/h2-9H,1H3/i3D. The lowest BCUT2D eigenvalue weighted by Gasteiger charge is -2.03. The van der Waals surface area contributed by atoms with Gasteiger partial charge in [0.05, 0.1) is 7.06 Å². The Morgan fingerprint density at radius 2 is 2.08 bits per heavy atom. The van der Waals surface area contributed by atoms with Gasteiger partial charge < -0.3 is 0 Å². The average molecular weight is 170 g/mol. The van der Waals surface area contributed by atoms with Crippen molar-refractivity contribution in [3.05, 3.63) is 54.2 Å². The monoisotopic (exact) mass is 170 g/mol. The lowest BCUT2D eigenvalue weighted by atomic mass is 10.1. The maximum absolute atomic E-state index is 7.55. The highest BCUT2D eigenvalue weighted by molar-refractivity contribution is 5.62. The number of aromatic nitrogens is 1. The molecule has 13 heavy (non-hydrogen) atoms. The van der Waals surface area contributed by atoms with Crippen molar-refractivity contribution in [1.82, 2.24) is 4.98 Å².